The summed E-state index contributed by atoms with van der Waals surface area (Å²) in [5, 5.41) is 0. The molecular weight excluding hydrogens is 248 g/mol. The van der Waals surface area contributed by atoms with Gasteiger partial charge in [0.25, 0.3) is 10.1 Å². The van der Waals surface area contributed by atoms with E-state index in [1.807, 2.05) is 51.1 Å². The maximum Gasteiger partial charge on any atom is 0.267 e. The number of aryl methyl sites for hydroxylation is 1. The zero-order chi connectivity index (χ0) is 13.6. The molecule has 0 fully saturated rings. The predicted octanol–water partition coefficient (Wildman–Crippen LogP) is 3.01. The molecule has 0 aromatic heterocycles. The average Bonchev–Trinajstić information content (AvgIpc) is 2.27. The van der Waals surface area contributed by atoms with Crippen molar-refractivity contribution >= 4 is 10.1 Å². The Morgan fingerprint density at radius 3 is 2.28 bits per heavy atom. The van der Waals surface area contributed by atoms with E-state index < -0.39 is 10.1 Å². The summed E-state index contributed by atoms with van der Waals surface area (Å²) >= 11 is 0. The van der Waals surface area contributed by atoms with Crippen LogP contribution in [-0.4, -0.2) is 20.8 Å². The van der Waals surface area contributed by atoms with Crippen molar-refractivity contribution in [2.75, 3.05) is 12.4 Å². The molecule has 0 saturated heterocycles. The molecule has 4 heteroatoms. The van der Waals surface area contributed by atoms with Gasteiger partial charge in [-0.25, -0.2) is 0 Å². The normalized spacial score (nSPS) is 12.6. The van der Waals surface area contributed by atoms with Gasteiger partial charge in [0.15, 0.2) is 0 Å². The van der Waals surface area contributed by atoms with Crippen LogP contribution in [0, 0.1) is 5.41 Å². The molecule has 0 saturated carbocycles. The molecule has 0 bridgehead atoms. The van der Waals surface area contributed by atoms with Gasteiger partial charge in [0.1, 0.15) is 0 Å². The molecule has 18 heavy (non-hydrogen) atoms. The lowest BCUT2D eigenvalue weighted by atomic mass is 9.99. The minimum atomic E-state index is -3.38. The summed E-state index contributed by atoms with van der Waals surface area (Å²) in [5.74, 6) is 0.0813. The zero-order valence-electron chi connectivity index (χ0n) is 11.3. The highest BCUT2D eigenvalue weighted by atomic mass is 32.2. The van der Waals surface area contributed by atoms with Crippen LogP contribution in [0.2, 0.25) is 0 Å². The van der Waals surface area contributed by atoms with Gasteiger partial charge in [-0.3, -0.25) is 4.18 Å². The van der Waals surface area contributed by atoms with Gasteiger partial charge in [0.05, 0.1) is 12.4 Å². The van der Waals surface area contributed by atoms with Gasteiger partial charge < -0.3 is 0 Å². The molecule has 0 radical (unpaired) electrons. The van der Waals surface area contributed by atoms with Crippen LogP contribution >= 0.6 is 0 Å². The second-order valence-electron chi connectivity index (χ2n) is 5.67. The van der Waals surface area contributed by atoms with Crippen molar-refractivity contribution in [3.05, 3.63) is 35.9 Å². The Morgan fingerprint density at radius 2 is 1.72 bits per heavy atom. The highest BCUT2D eigenvalue weighted by Gasteiger charge is 2.17. The molecular formula is C14H22O3S. The standard InChI is InChI=1S/C14H22O3S/c1-14(2,3)12-17-18(15,16)11-7-10-13-8-5-4-6-9-13/h4-6,8-9H,7,10-12H2,1-3H3. The number of hydrogen-bond donors (Lipinski definition) is 0. The van der Waals surface area contributed by atoms with E-state index in [9.17, 15) is 8.42 Å². The summed E-state index contributed by atoms with van der Waals surface area (Å²) in [7, 11) is -3.38. The fourth-order valence-electron chi connectivity index (χ4n) is 1.42. The maximum atomic E-state index is 11.6. The monoisotopic (exact) mass is 270 g/mol. The van der Waals surface area contributed by atoms with Crippen LogP contribution in [0.5, 0.6) is 0 Å². The molecule has 1 aromatic rings. The third kappa shape index (κ3) is 6.77. The maximum absolute atomic E-state index is 11.6. The van der Waals surface area contributed by atoms with Crippen molar-refractivity contribution in [1.29, 1.82) is 0 Å². The highest BCUT2D eigenvalue weighted by Crippen LogP contribution is 2.15. The van der Waals surface area contributed by atoms with E-state index in [2.05, 4.69) is 0 Å². The van der Waals surface area contributed by atoms with Crippen LogP contribution in [-0.2, 0) is 20.7 Å². The molecule has 0 unspecified atom stereocenters. The predicted molar refractivity (Wildman–Crippen MR) is 74.0 cm³/mol. The SMILES string of the molecule is CC(C)(C)COS(=O)(=O)CCCc1ccccc1. The first-order valence-electron chi connectivity index (χ1n) is 6.20. The van der Waals surface area contributed by atoms with E-state index >= 15 is 0 Å². The Morgan fingerprint density at radius 1 is 1.11 bits per heavy atom. The van der Waals surface area contributed by atoms with Crippen LogP contribution in [0.25, 0.3) is 0 Å². The summed E-state index contributed by atoms with van der Waals surface area (Å²) in [6.45, 7) is 6.09. The van der Waals surface area contributed by atoms with Gasteiger partial charge in [-0.15, -0.1) is 0 Å². The first-order chi connectivity index (χ1) is 8.29. The van der Waals surface area contributed by atoms with E-state index in [1.54, 1.807) is 0 Å². The molecule has 0 heterocycles. The molecule has 1 aromatic carbocycles. The Kier molecular flexibility index (Phi) is 5.35. The Balaban J connectivity index is 2.34. The second-order valence-corrected chi connectivity index (χ2v) is 7.43. The van der Waals surface area contributed by atoms with E-state index in [-0.39, 0.29) is 17.8 Å². The van der Waals surface area contributed by atoms with E-state index in [0.717, 1.165) is 12.0 Å². The summed E-state index contributed by atoms with van der Waals surface area (Å²) in [6, 6.07) is 9.87. The minimum absolute atomic E-state index is 0.0813. The topological polar surface area (TPSA) is 43.4 Å². The van der Waals surface area contributed by atoms with Crippen molar-refractivity contribution in [3.63, 3.8) is 0 Å². The molecule has 1 rings (SSSR count). The Labute approximate surface area is 110 Å². The first-order valence-corrected chi connectivity index (χ1v) is 7.77. The summed E-state index contributed by atoms with van der Waals surface area (Å²) in [6.07, 6.45) is 1.36. The molecule has 0 aliphatic carbocycles. The van der Waals surface area contributed by atoms with E-state index in [0.29, 0.717) is 6.42 Å². The van der Waals surface area contributed by atoms with E-state index in [4.69, 9.17) is 4.18 Å². The molecule has 0 aliphatic heterocycles. The lowest BCUT2D eigenvalue weighted by molar-refractivity contribution is 0.203. The number of benzene rings is 1. The zero-order valence-corrected chi connectivity index (χ0v) is 12.2. The lowest BCUT2D eigenvalue weighted by Gasteiger charge is -2.17. The Bertz CT molecular complexity index is 444. The van der Waals surface area contributed by atoms with Gasteiger partial charge in [-0.2, -0.15) is 8.42 Å². The van der Waals surface area contributed by atoms with Gasteiger partial charge in [0, 0.05) is 0 Å². The van der Waals surface area contributed by atoms with Gasteiger partial charge >= 0.3 is 0 Å². The average molecular weight is 270 g/mol. The van der Waals surface area contributed by atoms with Crippen molar-refractivity contribution in [1.82, 2.24) is 0 Å². The van der Waals surface area contributed by atoms with Crippen LogP contribution in [0.1, 0.15) is 32.8 Å². The third-order valence-electron chi connectivity index (χ3n) is 2.37. The fraction of sp³-hybridized carbons (Fsp3) is 0.571. The summed E-state index contributed by atoms with van der Waals surface area (Å²) in [5.41, 5.74) is 1.02. The van der Waals surface area contributed by atoms with Gasteiger partial charge in [-0.1, -0.05) is 51.1 Å². The van der Waals surface area contributed by atoms with Crippen LogP contribution < -0.4 is 0 Å². The largest absolute Gasteiger partial charge is 0.270 e. The summed E-state index contributed by atoms with van der Waals surface area (Å²) < 4.78 is 28.3. The van der Waals surface area contributed by atoms with Crippen molar-refractivity contribution in [2.24, 2.45) is 5.41 Å². The first kappa shape index (κ1) is 15.2. The number of hydrogen-bond acceptors (Lipinski definition) is 3. The third-order valence-corrected chi connectivity index (χ3v) is 3.64. The minimum Gasteiger partial charge on any atom is -0.270 e. The molecule has 0 atom stereocenters. The van der Waals surface area contributed by atoms with Crippen LogP contribution in [0.15, 0.2) is 30.3 Å². The molecule has 0 N–H and O–H groups in total. The van der Waals surface area contributed by atoms with Crippen LogP contribution in [0.4, 0.5) is 0 Å². The lowest BCUT2D eigenvalue weighted by Crippen LogP contribution is -2.20. The molecule has 0 aliphatic rings. The molecule has 0 spiro atoms. The van der Waals surface area contributed by atoms with Crippen molar-refractivity contribution in [3.8, 4) is 0 Å². The van der Waals surface area contributed by atoms with Crippen LogP contribution in [0.3, 0.4) is 0 Å². The molecule has 3 nitrogen and oxygen atoms in total. The summed E-state index contributed by atoms with van der Waals surface area (Å²) in [4.78, 5) is 0. The quantitative estimate of drug-likeness (QED) is 0.746. The van der Waals surface area contributed by atoms with Gasteiger partial charge in [-0.05, 0) is 23.8 Å². The fourth-order valence-corrected chi connectivity index (χ4v) is 2.57. The second kappa shape index (κ2) is 6.34. The highest BCUT2D eigenvalue weighted by molar-refractivity contribution is 7.86. The molecule has 102 valence electrons. The van der Waals surface area contributed by atoms with E-state index in [1.165, 1.54) is 0 Å². The number of rotatable bonds is 6. The Hall–Kier alpha value is -0.870. The van der Waals surface area contributed by atoms with Crippen molar-refractivity contribution < 1.29 is 12.6 Å². The van der Waals surface area contributed by atoms with Crippen molar-refractivity contribution in [2.45, 2.75) is 33.6 Å². The smallest absolute Gasteiger partial charge is 0.267 e. The molecule has 0 amide bonds. The van der Waals surface area contributed by atoms with Gasteiger partial charge in [0.2, 0.25) is 0 Å².